The summed E-state index contributed by atoms with van der Waals surface area (Å²) in [6.45, 7) is 11.8. The Kier molecular flexibility index (Phi) is 8.22. The van der Waals surface area contributed by atoms with Crippen molar-refractivity contribution in [3.05, 3.63) is 0 Å². The normalized spacial score (nSPS) is 16.6. The van der Waals surface area contributed by atoms with E-state index in [1.807, 2.05) is 6.92 Å². The van der Waals surface area contributed by atoms with Crippen LogP contribution in [-0.2, 0) is 0 Å². The molecular weight excluding hydrogens is 222 g/mol. The summed E-state index contributed by atoms with van der Waals surface area (Å²) in [5.41, 5.74) is -0.372. The van der Waals surface area contributed by atoms with E-state index in [4.69, 9.17) is 0 Å². The molecule has 0 radical (unpaired) electrons. The Morgan fingerprint density at radius 3 is 2.33 bits per heavy atom. The van der Waals surface area contributed by atoms with Gasteiger partial charge in [0.2, 0.25) is 0 Å². The third-order valence-corrected chi connectivity index (χ3v) is 3.63. The van der Waals surface area contributed by atoms with Gasteiger partial charge < -0.3 is 4.90 Å². The smallest absolute Gasteiger partial charge is 0.104 e. The molecule has 18 heavy (non-hydrogen) atoms. The van der Waals surface area contributed by atoms with Crippen molar-refractivity contribution in [3.8, 4) is 6.07 Å². The lowest BCUT2D eigenvalue weighted by atomic mass is 9.95. The van der Waals surface area contributed by atoms with Crippen molar-refractivity contribution in [2.24, 2.45) is 0 Å². The van der Waals surface area contributed by atoms with E-state index in [1.165, 1.54) is 6.42 Å². The van der Waals surface area contributed by atoms with E-state index in [1.54, 1.807) is 0 Å². The molecular formula is C15H31N3. The molecule has 0 spiro atoms. The summed E-state index contributed by atoms with van der Waals surface area (Å²) in [5, 5.41) is 12.6. The van der Waals surface area contributed by atoms with Crippen LogP contribution in [0.2, 0.25) is 0 Å². The number of hydrogen-bond donors (Lipinski definition) is 1. The van der Waals surface area contributed by atoms with Gasteiger partial charge in [0.15, 0.2) is 0 Å². The molecule has 0 amide bonds. The molecule has 0 aliphatic rings. The van der Waals surface area contributed by atoms with Gasteiger partial charge in [-0.1, -0.05) is 6.92 Å². The van der Waals surface area contributed by atoms with E-state index in [0.29, 0.717) is 12.1 Å². The second-order valence-electron chi connectivity index (χ2n) is 5.94. The average molecular weight is 253 g/mol. The first-order chi connectivity index (χ1) is 8.34. The van der Waals surface area contributed by atoms with Crippen molar-refractivity contribution in [2.75, 3.05) is 13.6 Å². The maximum Gasteiger partial charge on any atom is 0.104 e. The molecule has 0 bridgehead atoms. The highest BCUT2D eigenvalue weighted by molar-refractivity contribution is 5.04. The molecule has 0 saturated heterocycles. The summed E-state index contributed by atoms with van der Waals surface area (Å²) in [5.74, 6) is 0. The molecule has 3 heteroatoms. The Morgan fingerprint density at radius 1 is 1.28 bits per heavy atom. The second kappa shape index (κ2) is 8.50. The van der Waals surface area contributed by atoms with Crippen molar-refractivity contribution >= 4 is 0 Å². The molecule has 0 aromatic rings. The Labute approximate surface area is 114 Å². The summed E-state index contributed by atoms with van der Waals surface area (Å²) in [6, 6.07) is 3.42. The Balaban J connectivity index is 3.92. The number of unbranched alkanes of at least 4 members (excludes halogenated alkanes) is 1. The van der Waals surface area contributed by atoms with Gasteiger partial charge in [0.25, 0.3) is 0 Å². The zero-order chi connectivity index (χ0) is 14.2. The molecule has 1 N–H and O–H groups in total. The van der Waals surface area contributed by atoms with Gasteiger partial charge in [-0.05, 0) is 67.0 Å². The first-order valence-corrected chi connectivity index (χ1v) is 7.23. The van der Waals surface area contributed by atoms with Crippen molar-refractivity contribution < 1.29 is 0 Å². The molecule has 0 rings (SSSR count). The van der Waals surface area contributed by atoms with Gasteiger partial charge in [-0.3, -0.25) is 5.32 Å². The summed E-state index contributed by atoms with van der Waals surface area (Å²) in [7, 11) is 2.18. The minimum absolute atomic E-state index is 0.359. The number of nitrogens with one attached hydrogen (secondary N) is 1. The van der Waals surface area contributed by atoms with Gasteiger partial charge in [-0.25, -0.2) is 0 Å². The van der Waals surface area contributed by atoms with E-state index in [9.17, 15) is 5.26 Å². The lowest BCUT2D eigenvalue weighted by molar-refractivity contribution is 0.242. The van der Waals surface area contributed by atoms with Crippen LogP contribution in [0.5, 0.6) is 0 Å². The standard InChI is InChI=1S/C15H31N3/c1-7-14(4)18(6)11-9-8-10-15(5,12-16)17-13(2)3/h13-14,17H,7-11H2,1-6H3. The van der Waals surface area contributed by atoms with Crippen molar-refractivity contribution in [1.29, 1.82) is 5.26 Å². The molecule has 2 unspecified atom stereocenters. The van der Waals surface area contributed by atoms with Crippen LogP contribution >= 0.6 is 0 Å². The topological polar surface area (TPSA) is 39.1 Å². The first-order valence-electron chi connectivity index (χ1n) is 7.23. The van der Waals surface area contributed by atoms with Crippen LogP contribution in [0.15, 0.2) is 0 Å². The Hall–Kier alpha value is -0.590. The highest BCUT2D eigenvalue weighted by atomic mass is 15.1. The molecule has 0 aromatic heterocycles. The summed E-state index contributed by atoms with van der Waals surface area (Å²) >= 11 is 0. The predicted molar refractivity (Wildman–Crippen MR) is 78.5 cm³/mol. The lowest BCUT2D eigenvalue weighted by Gasteiger charge is -2.27. The number of nitrogens with zero attached hydrogens (tertiary/aromatic N) is 2. The largest absolute Gasteiger partial charge is 0.304 e. The maximum absolute atomic E-state index is 9.25. The first kappa shape index (κ1) is 17.4. The molecule has 0 aliphatic carbocycles. The van der Waals surface area contributed by atoms with Gasteiger partial charge in [0.1, 0.15) is 5.54 Å². The predicted octanol–water partition coefficient (Wildman–Crippen LogP) is 3.17. The summed E-state index contributed by atoms with van der Waals surface area (Å²) in [6.07, 6.45) is 4.39. The number of nitriles is 1. The minimum Gasteiger partial charge on any atom is -0.304 e. The fourth-order valence-corrected chi connectivity index (χ4v) is 2.17. The Morgan fingerprint density at radius 2 is 1.89 bits per heavy atom. The molecule has 3 nitrogen and oxygen atoms in total. The van der Waals surface area contributed by atoms with E-state index >= 15 is 0 Å². The number of hydrogen-bond acceptors (Lipinski definition) is 3. The van der Waals surface area contributed by atoms with Crippen molar-refractivity contribution in [1.82, 2.24) is 10.2 Å². The van der Waals surface area contributed by atoms with Crippen LogP contribution in [0.3, 0.4) is 0 Å². The van der Waals surface area contributed by atoms with Crippen LogP contribution in [0.1, 0.15) is 60.3 Å². The van der Waals surface area contributed by atoms with Crippen LogP contribution in [0.4, 0.5) is 0 Å². The van der Waals surface area contributed by atoms with E-state index in [-0.39, 0.29) is 5.54 Å². The van der Waals surface area contributed by atoms with Gasteiger partial charge in [0.05, 0.1) is 6.07 Å². The van der Waals surface area contributed by atoms with Crippen molar-refractivity contribution in [3.63, 3.8) is 0 Å². The van der Waals surface area contributed by atoms with Crippen LogP contribution < -0.4 is 5.32 Å². The fourth-order valence-electron chi connectivity index (χ4n) is 2.17. The van der Waals surface area contributed by atoms with Crippen LogP contribution in [-0.4, -0.2) is 36.1 Å². The SMILES string of the molecule is CCC(C)N(C)CCCCC(C)(C#N)NC(C)C. The molecule has 0 heterocycles. The highest BCUT2D eigenvalue weighted by Crippen LogP contribution is 2.14. The minimum atomic E-state index is -0.372. The monoisotopic (exact) mass is 253 g/mol. The van der Waals surface area contributed by atoms with Gasteiger partial charge >= 0.3 is 0 Å². The summed E-state index contributed by atoms with van der Waals surface area (Å²) in [4.78, 5) is 2.40. The fraction of sp³-hybridized carbons (Fsp3) is 0.933. The molecule has 0 aromatic carbocycles. The van der Waals surface area contributed by atoms with Crippen LogP contribution in [0, 0.1) is 11.3 Å². The number of rotatable bonds is 9. The zero-order valence-corrected chi connectivity index (χ0v) is 13.1. The van der Waals surface area contributed by atoms with E-state index < -0.39 is 0 Å². The van der Waals surface area contributed by atoms with E-state index in [2.05, 4.69) is 51.0 Å². The van der Waals surface area contributed by atoms with E-state index in [0.717, 1.165) is 25.8 Å². The molecule has 0 saturated carbocycles. The molecule has 0 aliphatic heterocycles. The molecule has 0 fully saturated rings. The molecule has 106 valence electrons. The summed E-state index contributed by atoms with van der Waals surface area (Å²) < 4.78 is 0. The Bertz CT molecular complexity index is 257. The van der Waals surface area contributed by atoms with Crippen LogP contribution in [0.25, 0.3) is 0 Å². The lowest BCUT2D eigenvalue weighted by Crippen LogP contribution is -2.45. The highest BCUT2D eigenvalue weighted by Gasteiger charge is 2.23. The van der Waals surface area contributed by atoms with Gasteiger partial charge in [0, 0.05) is 12.1 Å². The third-order valence-electron chi connectivity index (χ3n) is 3.63. The van der Waals surface area contributed by atoms with Crippen molar-refractivity contribution in [2.45, 2.75) is 77.9 Å². The second-order valence-corrected chi connectivity index (χ2v) is 5.94. The average Bonchev–Trinajstić information content (AvgIpc) is 2.32. The van der Waals surface area contributed by atoms with Gasteiger partial charge in [-0.15, -0.1) is 0 Å². The zero-order valence-electron chi connectivity index (χ0n) is 13.1. The quantitative estimate of drug-likeness (QED) is 0.642. The molecule has 2 atom stereocenters. The maximum atomic E-state index is 9.25. The third kappa shape index (κ3) is 6.98. The van der Waals surface area contributed by atoms with Gasteiger partial charge in [-0.2, -0.15) is 5.26 Å².